The van der Waals surface area contributed by atoms with Crippen molar-refractivity contribution in [2.24, 2.45) is 0 Å². The molecule has 2 amide bonds. The molecule has 1 aliphatic rings. The number of rotatable bonds is 7. The summed E-state index contributed by atoms with van der Waals surface area (Å²) >= 11 is 0. The van der Waals surface area contributed by atoms with Crippen molar-refractivity contribution in [1.29, 1.82) is 0 Å². The smallest absolute Gasteiger partial charge is 0.267 e. The van der Waals surface area contributed by atoms with Gasteiger partial charge in [0.15, 0.2) is 6.10 Å². The van der Waals surface area contributed by atoms with Gasteiger partial charge in [0, 0.05) is 26.1 Å². The predicted octanol–water partition coefficient (Wildman–Crippen LogP) is 2.57. The maximum atomic E-state index is 12.5. The molecule has 1 N–H and O–H groups in total. The van der Waals surface area contributed by atoms with Crippen LogP contribution in [0.3, 0.4) is 0 Å². The lowest BCUT2D eigenvalue weighted by Gasteiger charge is -2.32. The lowest BCUT2D eigenvalue weighted by Crippen LogP contribution is -2.45. The van der Waals surface area contributed by atoms with E-state index in [1.165, 1.54) is 5.56 Å². The van der Waals surface area contributed by atoms with Crippen molar-refractivity contribution in [2.45, 2.75) is 32.5 Å². The Kier molecular flexibility index (Phi) is 6.31. The first-order valence-corrected chi connectivity index (χ1v) is 9.50. The molecule has 1 aliphatic heterocycles. The molecule has 1 atom stereocenters. The molecule has 6 nitrogen and oxygen atoms in total. The van der Waals surface area contributed by atoms with Gasteiger partial charge in [-0.1, -0.05) is 36.4 Å². The molecule has 1 unspecified atom stereocenters. The molecule has 2 aromatic carbocycles. The van der Waals surface area contributed by atoms with E-state index < -0.39 is 6.10 Å². The summed E-state index contributed by atoms with van der Waals surface area (Å²) in [6, 6.07) is 15.6. The van der Waals surface area contributed by atoms with Crippen LogP contribution in [0.5, 0.6) is 5.75 Å². The van der Waals surface area contributed by atoms with Crippen LogP contribution in [0.15, 0.2) is 48.5 Å². The van der Waals surface area contributed by atoms with Crippen molar-refractivity contribution in [1.82, 2.24) is 10.2 Å². The van der Waals surface area contributed by atoms with Gasteiger partial charge < -0.3 is 19.9 Å². The summed E-state index contributed by atoms with van der Waals surface area (Å²) in [5.74, 6) is 0.470. The van der Waals surface area contributed by atoms with Gasteiger partial charge in [-0.25, -0.2) is 0 Å². The number of anilines is 1. The second kappa shape index (κ2) is 8.89. The SMILES string of the molecule is CC1Oc2ccccc2N(CCC(=O)NCc2ccc(CN(C)C)cc2)C1=O. The fourth-order valence-corrected chi connectivity index (χ4v) is 3.22. The fourth-order valence-electron chi connectivity index (χ4n) is 3.22. The van der Waals surface area contributed by atoms with Gasteiger partial charge in [-0.3, -0.25) is 9.59 Å². The van der Waals surface area contributed by atoms with Crippen LogP contribution in [0.4, 0.5) is 5.69 Å². The van der Waals surface area contributed by atoms with Crippen molar-refractivity contribution in [3.63, 3.8) is 0 Å². The highest BCUT2D eigenvalue weighted by Crippen LogP contribution is 2.33. The van der Waals surface area contributed by atoms with Gasteiger partial charge in [0.05, 0.1) is 5.69 Å². The number of hydrogen-bond acceptors (Lipinski definition) is 4. The highest BCUT2D eigenvalue weighted by atomic mass is 16.5. The van der Waals surface area contributed by atoms with Crippen LogP contribution in [0.1, 0.15) is 24.5 Å². The molecule has 2 aromatic rings. The average Bonchev–Trinajstić information content (AvgIpc) is 2.67. The molecule has 0 aliphatic carbocycles. The zero-order chi connectivity index (χ0) is 20.1. The van der Waals surface area contributed by atoms with Crippen LogP contribution in [0.25, 0.3) is 0 Å². The number of carbonyl (C=O) groups is 2. The predicted molar refractivity (Wildman–Crippen MR) is 109 cm³/mol. The van der Waals surface area contributed by atoms with Crippen LogP contribution >= 0.6 is 0 Å². The largest absolute Gasteiger partial charge is 0.479 e. The van der Waals surface area contributed by atoms with Crippen molar-refractivity contribution in [2.75, 3.05) is 25.5 Å². The summed E-state index contributed by atoms with van der Waals surface area (Å²) in [4.78, 5) is 28.5. The molecule has 0 fully saturated rings. The van der Waals surface area contributed by atoms with Crippen molar-refractivity contribution < 1.29 is 14.3 Å². The molecule has 0 saturated carbocycles. The minimum atomic E-state index is -0.543. The Bertz CT molecular complexity index is 833. The third-order valence-corrected chi connectivity index (χ3v) is 4.65. The third kappa shape index (κ3) is 4.89. The molecule has 0 radical (unpaired) electrons. The van der Waals surface area contributed by atoms with Gasteiger partial charge in [0.2, 0.25) is 5.91 Å². The molecule has 1 heterocycles. The lowest BCUT2D eigenvalue weighted by atomic mass is 10.1. The Morgan fingerprint density at radius 1 is 1.11 bits per heavy atom. The number of nitrogens with one attached hydrogen (secondary N) is 1. The van der Waals surface area contributed by atoms with Gasteiger partial charge in [-0.15, -0.1) is 0 Å². The van der Waals surface area contributed by atoms with E-state index >= 15 is 0 Å². The quantitative estimate of drug-likeness (QED) is 0.801. The zero-order valence-electron chi connectivity index (χ0n) is 16.6. The van der Waals surface area contributed by atoms with Crippen molar-refractivity contribution in [3.8, 4) is 5.75 Å². The van der Waals surface area contributed by atoms with Gasteiger partial charge in [-0.05, 0) is 44.3 Å². The van der Waals surface area contributed by atoms with Gasteiger partial charge >= 0.3 is 0 Å². The standard InChI is InChI=1S/C22H27N3O3/c1-16-22(27)25(19-6-4-5-7-20(19)28-16)13-12-21(26)23-14-17-8-10-18(11-9-17)15-24(2)3/h4-11,16H,12-15H2,1-3H3,(H,23,26). The van der Waals surface area contributed by atoms with Crippen LogP contribution in [0.2, 0.25) is 0 Å². The summed E-state index contributed by atoms with van der Waals surface area (Å²) in [5, 5.41) is 2.93. The Labute approximate surface area is 166 Å². The fraction of sp³-hybridized carbons (Fsp3) is 0.364. The molecule has 3 rings (SSSR count). The average molecular weight is 381 g/mol. The summed E-state index contributed by atoms with van der Waals surface area (Å²) in [6.45, 7) is 3.42. The zero-order valence-corrected chi connectivity index (χ0v) is 16.6. The Balaban J connectivity index is 1.52. The van der Waals surface area contributed by atoms with E-state index in [1.807, 2.05) is 50.5 Å². The number of fused-ring (bicyclic) bond motifs is 1. The van der Waals surface area contributed by atoms with E-state index in [0.29, 0.717) is 18.8 Å². The minimum Gasteiger partial charge on any atom is -0.479 e. The molecule has 0 bridgehead atoms. The van der Waals surface area contributed by atoms with E-state index in [2.05, 4.69) is 22.3 Å². The summed E-state index contributed by atoms with van der Waals surface area (Å²) < 4.78 is 5.63. The van der Waals surface area contributed by atoms with E-state index in [1.54, 1.807) is 11.8 Å². The summed E-state index contributed by atoms with van der Waals surface area (Å²) in [7, 11) is 4.07. The van der Waals surface area contributed by atoms with Gasteiger partial charge in [0.25, 0.3) is 5.91 Å². The highest BCUT2D eigenvalue weighted by molar-refractivity contribution is 6.00. The van der Waals surface area contributed by atoms with E-state index in [4.69, 9.17) is 4.74 Å². The lowest BCUT2D eigenvalue weighted by molar-refractivity contribution is -0.125. The molecule has 0 saturated heterocycles. The van der Waals surface area contributed by atoms with Crippen molar-refractivity contribution >= 4 is 17.5 Å². The molecule has 0 spiro atoms. The summed E-state index contributed by atoms with van der Waals surface area (Å²) in [6.07, 6.45) is -0.301. The normalized spacial score (nSPS) is 15.9. The van der Waals surface area contributed by atoms with E-state index in [0.717, 1.165) is 17.8 Å². The van der Waals surface area contributed by atoms with Gasteiger partial charge in [0.1, 0.15) is 5.75 Å². The number of benzene rings is 2. The van der Waals surface area contributed by atoms with Crippen LogP contribution in [-0.2, 0) is 22.7 Å². The Morgan fingerprint density at radius 2 is 1.79 bits per heavy atom. The number of ether oxygens (including phenoxy) is 1. The number of amides is 2. The van der Waals surface area contributed by atoms with Gasteiger partial charge in [-0.2, -0.15) is 0 Å². The van der Waals surface area contributed by atoms with Crippen LogP contribution in [-0.4, -0.2) is 43.5 Å². The first-order valence-electron chi connectivity index (χ1n) is 9.50. The Morgan fingerprint density at radius 3 is 2.50 bits per heavy atom. The monoisotopic (exact) mass is 381 g/mol. The molecule has 148 valence electrons. The summed E-state index contributed by atoms with van der Waals surface area (Å²) in [5.41, 5.74) is 3.01. The van der Waals surface area contributed by atoms with E-state index in [9.17, 15) is 9.59 Å². The van der Waals surface area contributed by atoms with Crippen molar-refractivity contribution in [3.05, 3.63) is 59.7 Å². The second-order valence-electron chi connectivity index (χ2n) is 7.30. The first kappa shape index (κ1) is 19.9. The highest BCUT2D eigenvalue weighted by Gasteiger charge is 2.31. The minimum absolute atomic E-state index is 0.0817. The topological polar surface area (TPSA) is 61.9 Å². The number of nitrogens with zero attached hydrogens (tertiary/aromatic N) is 2. The number of hydrogen-bond donors (Lipinski definition) is 1. The maximum absolute atomic E-state index is 12.5. The molecular weight excluding hydrogens is 354 g/mol. The molecule has 28 heavy (non-hydrogen) atoms. The van der Waals surface area contributed by atoms with Crippen LogP contribution < -0.4 is 15.0 Å². The Hall–Kier alpha value is -2.86. The number of para-hydroxylation sites is 2. The number of carbonyl (C=O) groups excluding carboxylic acids is 2. The second-order valence-corrected chi connectivity index (χ2v) is 7.30. The van der Waals surface area contributed by atoms with E-state index in [-0.39, 0.29) is 18.2 Å². The molecule has 0 aromatic heterocycles. The molecular formula is C22H27N3O3. The van der Waals surface area contributed by atoms with Crippen LogP contribution in [0, 0.1) is 0 Å². The molecule has 6 heteroatoms. The maximum Gasteiger partial charge on any atom is 0.267 e. The third-order valence-electron chi connectivity index (χ3n) is 4.65. The first-order chi connectivity index (χ1) is 13.4.